The molecule has 0 spiro atoms. The summed E-state index contributed by atoms with van der Waals surface area (Å²) in [4.78, 5) is 22.4. The van der Waals surface area contributed by atoms with Crippen LogP contribution < -0.4 is 10.6 Å². The highest BCUT2D eigenvalue weighted by molar-refractivity contribution is 5.84. The lowest BCUT2D eigenvalue weighted by molar-refractivity contribution is -0.144. The normalized spacial score (nSPS) is 13.2. The monoisotopic (exact) mass is 230 g/mol. The number of carboxylic acids is 1. The predicted molar refractivity (Wildman–Crippen MR) is 62.2 cm³/mol. The minimum Gasteiger partial charge on any atom is -0.480 e. The molecule has 16 heavy (non-hydrogen) atoms. The molecular formula is C11H22N2O3. The zero-order valence-corrected chi connectivity index (χ0v) is 10.5. The number of rotatable bonds is 6. The van der Waals surface area contributed by atoms with Gasteiger partial charge in [0.2, 0.25) is 5.91 Å². The Morgan fingerprint density at radius 2 is 1.88 bits per heavy atom. The molecule has 0 aromatic carbocycles. The van der Waals surface area contributed by atoms with E-state index in [1.54, 1.807) is 20.8 Å². The van der Waals surface area contributed by atoms with Gasteiger partial charge in [0, 0.05) is 13.0 Å². The Morgan fingerprint density at radius 3 is 2.25 bits per heavy atom. The van der Waals surface area contributed by atoms with Crippen molar-refractivity contribution in [1.82, 2.24) is 10.6 Å². The second-order valence-electron chi connectivity index (χ2n) is 4.81. The highest BCUT2D eigenvalue weighted by atomic mass is 16.4. The number of carboxylic acid groups (broad SMARTS) is 1. The first-order valence-electron chi connectivity index (χ1n) is 5.52. The Kier molecular flexibility index (Phi) is 6.03. The molecule has 94 valence electrons. The quantitative estimate of drug-likeness (QED) is 0.584. The van der Waals surface area contributed by atoms with Crippen molar-refractivity contribution in [1.29, 1.82) is 0 Å². The van der Waals surface area contributed by atoms with E-state index in [0.717, 1.165) is 6.54 Å². The lowest BCUT2D eigenvalue weighted by Gasteiger charge is -2.27. The molecule has 0 aliphatic heterocycles. The van der Waals surface area contributed by atoms with Gasteiger partial charge in [-0.25, -0.2) is 4.79 Å². The maximum atomic E-state index is 11.5. The number of amides is 1. The standard InChI is InChI=1S/C11H22N2O3/c1-5-12-7-6-8(14)13-9(10(15)16)11(2,3)4/h9,12H,5-7H2,1-4H3,(H,13,14)(H,15,16). The molecule has 0 heterocycles. The van der Waals surface area contributed by atoms with Crippen molar-refractivity contribution in [3.8, 4) is 0 Å². The van der Waals surface area contributed by atoms with E-state index in [9.17, 15) is 9.59 Å². The number of nitrogens with one attached hydrogen (secondary N) is 2. The van der Waals surface area contributed by atoms with Gasteiger partial charge < -0.3 is 15.7 Å². The highest BCUT2D eigenvalue weighted by Gasteiger charge is 2.32. The fourth-order valence-electron chi connectivity index (χ4n) is 1.26. The number of aliphatic carboxylic acids is 1. The fraction of sp³-hybridized carbons (Fsp3) is 0.818. The van der Waals surface area contributed by atoms with Gasteiger partial charge in [-0.15, -0.1) is 0 Å². The van der Waals surface area contributed by atoms with Crippen LogP contribution in [0.15, 0.2) is 0 Å². The van der Waals surface area contributed by atoms with Crippen LogP contribution in [0.3, 0.4) is 0 Å². The largest absolute Gasteiger partial charge is 0.480 e. The predicted octanol–water partition coefficient (Wildman–Crippen LogP) is 0.601. The van der Waals surface area contributed by atoms with Gasteiger partial charge in [-0.1, -0.05) is 27.7 Å². The molecule has 5 heteroatoms. The van der Waals surface area contributed by atoms with Crippen LogP contribution in [0.1, 0.15) is 34.1 Å². The van der Waals surface area contributed by atoms with E-state index < -0.39 is 17.4 Å². The summed E-state index contributed by atoms with van der Waals surface area (Å²) in [5, 5.41) is 14.5. The molecular weight excluding hydrogens is 208 g/mol. The summed E-state index contributed by atoms with van der Waals surface area (Å²) in [6.07, 6.45) is 0.299. The molecule has 0 aliphatic carbocycles. The van der Waals surface area contributed by atoms with Crippen LogP contribution in [0.5, 0.6) is 0 Å². The third kappa shape index (κ3) is 5.70. The van der Waals surface area contributed by atoms with Crippen LogP contribution in [0.4, 0.5) is 0 Å². The fourth-order valence-corrected chi connectivity index (χ4v) is 1.26. The Bertz CT molecular complexity index is 246. The first-order chi connectivity index (χ1) is 7.29. The molecule has 0 saturated carbocycles. The molecule has 0 radical (unpaired) electrons. The van der Waals surface area contributed by atoms with E-state index in [0.29, 0.717) is 13.0 Å². The molecule has 0 rings (SSSR count). The summed E-state index contributed by atoms with van der Waals surface area (Å²) >= 11 is 0. The molecule has 0 saturated heterocycles. The van der Waals surface area contributed by atoms with Crippen LogP contribution in [-0.2, 0) is 9.59 Å². The van der Waals surface area contributed by atoms with Crippen LogP contribution in [0.2, 0.25) is 0 Å². The van der Waals surface area contributed by atoms with Gasteiger partial charge >= 0.3 is 5.97 Å². The molecule has 1 atom stereocenters. The van der Waals surface area contributed by atoms with Crippen molar-refractivity contribution < 1.29 is 14.7 Å². The van der Waals surface area contributed by atoms with Gasteiger partial charge in [0.1, 0.15) is 6.04 Å². The zero-order valence-electron chi connectivity index (χ0n) is 10.5. The molecule has 0 fully saturated rings. The van der Waals surface area contributed by atoms with Crippen molar-refractivity contribution in [2.75, 3.05) is 13.1 Å². The Labute approximate surface area is 96.6 Å². The first-order valence-corrected chi connectivity index (χ1v) is 5.52. The number of carbonyl (C=O) groups excluding carboxylic acids is 1. The maximum Gasteiger partial charge on any atom is 0.326 e. The summed E-state index contributed by atoms with van der Waals surface area (Å²) in [6.45, 7) is 8.68. The first kappa shape index (κ1) is 14.9. The Morgan fingerprint density at radius 1 is 1.31 bits per heavy atom. The van der Waals surface area contributed by atoms with E-state index in [-0.39, 0.29) is 5.91 Å². The van der Waals surface area contributed by atoms with Crippen LogP contribution in [-0.4, -0.2) is 36.1 Å². The number of hydrogen-bond donors (Lipinski definition) is 3. The average molecular weight is 230 g/mol. The van der Waals surface area contributed by atoms with Gasteiger partial charge in [0.05, 0.1) is 0 Å². The third-order valence-electron chi connectivity index (χ3n) is 2.20. The summed E-state index contributed by atoms with van der Waals surface area (Å²) in [7, 11) is 0. The molecule has 5 nitrogen and oxygen atoms in total. The summed E-state index contributed by atoms with van der Waals surface area (Å²) in [6, 6.07) is -0.846. The third-order valence-corrected chi connectivity index (χ3v) is 2.20. The van der Waals surface area contributed by atoms with E-state index >= 15 is 0 Å². The minimum absolute atomic E-state index is 0.233. The Balaban J connectivity index is 4.21. The van der Waals surface area contributed by atoms with Crippen LogP contribution in [0, 0.1) is 5.41 Å². The zero-order chi connectivity index (χ0) is 12.8. The summed E-state index contributed by atoms with van der Waals surface area (Å²) < 4.78 is 0. The van der Waals surface area contributed by atoms with Crippen molar-refractivity contribution >= 4 is 11.9 Å². The second-order valence-corrected chi connectivity index (χ2v) is 4.81. The highest BCUT2D eigenvalue weighted by Crippen LogP contribution is 2.19. The summed E-state index contributed by atoms with van der Waals surface area (Å²) in [5.41, 5.74) is -0.486. The Hall–Kier alpha value is -1.10. The molecule has 3 N–H and O–H groups in total. The molecule has 1 amide bonds. The lowest BCUT2D eigenvalue weighted by Crippen LogP contribution is -2.49. The van der Waals surface area contributed by atoms with Gasteiger partial charge in [0.25, 0.3) is 0 Å². The van der Waals surface area contributed by atoms with E-state index in [1.165, 1.54) is 0 Å². The molecule has 1 unspecified atom stereocenters. The van der Waals surface area contributed by atoms with Crippen molar-refractivity contribution in [2.24, 2.45) is 5.41 Å². The van der Waals surface area contributed by atoms with Crippen molar-refractivity contribution in [3.05, 3.63) is 0 Å². The SMILES string of the molecule is CCNCCC(=O)NC(C(=O)O)C(C)(C)C. The minimum atomic E-state index is -0.996. The summed E-state index contributed by atoms with van der Waals surface area (Å²) in [5.74, 6) is -1.23. The van der Waals surface area contributed by atoms with Crippen molar-refractivity contribution in [3.63, 3.8) is 0 Å². The van der Waals surface area contributed by atoms with Gasteiger partial charge in [0.15, 0.2) is 0 Å². The molecule has 0 aromatic heterocycles. The van der Waals surface area contributed by atoms with Gasteiger partial charge in [-0.05, 0) is 12.0 Å². The van der Waals surface area contributed by atoms with Crippen LogP contribution in [0.25, 0.3) is 0 Å². The molecule has 0 bridgehead atoms. The number of hydrogen-bond acceptors (Lipinski definition) is 3. The second kappa shape index (κ2) is 6.48. The van der Waals surface area contributed by atoms with E-state index in [2.05, 4.69) is 10.6 Å². The molecule has 0 aromatic rings. The lowest BCUT2D eigenvalue weighted by atomic mass is 9.86. The van der Waals surface area contributed by atoms with Crippen molar-refractivity contribution in [2.45, 2.75) is 40.2 Å². The topological polar surface area (TPSA) is 78.4 Å². The van der Waals surface area contributed by atoms with E-state index in [4.69, 9.17) is 5.11 Å². The number of carbonyl (C=O) groups is 2. The maximum absolute atomic E-state index is 11.5. The van der Waals surface area contributed by atoms with E-state index in [1.807, 2.05) is 6.92 Å². The van der Waals surface area contributed by atoms with Crippen LogP contribution >= 0.6 is 0 Å². The average Bonchev–Trinajstić information content (AvgIpc) is 2.12. The smallest absolute Gasteiger partial charge is 0.326 e. The van der Waals surface area contributed by atoms with Gasteiger partial charge in [-0.2, -0.15) is 0 Å². The molecule has 0 aliphatic rings. The van der Waals surface area contributed by atoms with Gasteiger partial charge in [-0.3, -0.25) is 4.79 Å².